The molecule has 0 bridgehead atoms. The molecule has 3 rings (SSSR count). The lowest BCUT2D eigenvalue weighted by Gasteiger charge is -2.10. The highest BCUT2D eigenvalue weighted by molar-refractivity contribution is 6.02. The van der Waals surface area contributed by atoms with Crippen LogP contribution in [0.5, 0.6) is 0 Å². The summed E-state index contributed by atoms with van der Waals surface area (Å²) in [7, 11) is 0. The minimum atomic E-state index is -0.481. The van der Waals surface area contributed by atoms with Gasteiger partial charge in [-0.05, 0) is 55.8 Å². The van der Waals surface area contributed by atoms with Crippen LogP contribution in [0.2, 0.25) is 0 Å². The normalized spacial score (nSPS) is 10.6. The Morgan fingerprint density at radius 1 is 1.07 bits per heavy atom. The predicted molar refractivity (Wildman–Crippen MR) is 104 cm³/mol. The topological polar surface area (TPSA) is 88.9 Å². The van der Waals surface area contributed by atoms with Gasteiger partial charge in [-0.1, -0.05) is 13.0 Å². The van der Waals surface area contributed by atoms with Crippen LogP contribution in [0.1, 0.15) is 35.4 Å². The molecule has 1 heterocycles. The van der Waals surface area contributed by atoms with Crippen LogP contribution >= 0.6 is 0 Å². The smallest absolute Gasteiger partial charge is 0.295 e. The second kappa shape index (κ2) is 7.99. The third-order valence-corrected chi connectivity index (χ3v) is 4.13. The molecule has 0 atom stereocenters. The van der Waals surface area contributed by atoms with E-state index in [1.165, 1.54) is 16.8 Å². The number of aromatic nitrogens is 3. The zero-order valence-corrected chi connectivity index (χ0v) is 15.8. The van der Waals surface area contributed by atoms with Gasteiger partial charge in [0.15, 0.2) is 0 Å². The van der Waals surface area contributed by atoms with Gasteiger partial charge < -0.3 is 10.6 Å². The van der Waals surface area contributed by atoms with E-state index in [0.717, 1.165) is 5.56 Å². The lowest BCUT2D eigenvalue weighted by Crippen LogP contribution is -2.16. The monoisotopic (exact) mass is 381 g/mol. The Kier molecular flexibility index (Phi) is 5.49. The van der Waals surface area contributed by atoms with Gasteiger partial charge in [0.2, 0.25) is 11.7 Å². The van der Waals surface area contributed by atoms with Gasteiger partial charge in [0, 0.05) is 17.8 Å². The number of benzene rings is 2. The number of halogens is 1. The van der Waals surface area contributed by atoms with Gasteiger partial charge in [0.1, 0.15) is 11.6 Å². The molecule has 28 heavy (non-hydrogen) atoms. The van der Waals surface area contributed by atoms with Gasteiger partial charge in [-0.15, -0.1) is 5.10 Å². The third-order valence-electron chi connectivity index (χ3n) is 4.13. The number of hydrogen-bond donors (Lipinski definition) is 2. The minimum Gasteiger partial charge on any atom is -0.326 e. The molecule has 8 heteroatoms. The Balaban J connectivity index is 1.82. The van der Waals surface area contributed by atoms with Crippen molar-refractivity contribution in [2.75, 3.05) is 10.6 Å². The maximum absolute atomic E-state index is 13.1. The molecule has 2 amide bonds. The highest BCUT2D eigenvalue weighted by atomic mass is 19.1. The summed E-state index contributed by atoms with van der Waals surface area (Å²) in [5.74, 6) is -0.464. The average molecular weight is 381 g/mol. The molecule has 0 aliphatic rings. The first-order chi connectivity index (χ1) is 13.4. The molecular formula is C20H20FN5O2. The van der Waals surface area contributed by atoms with Crippen LogP contribution in [0.15, 0.2) is 42.5 Å². The fraction of sp³-hybridized carbons (Fsp3) is 0.200. The fourth-order valence-corrected chi connectivity index (χ4v) is 2.58. The molecule has 0 saturated heterocycles. The quantitative estimate of drug-likeness (QED) is 0.706. The largest absolute Gasteiger partial charge is 0.326 e. The summed E-state index contributed by atoms with van der Waals surface area (Å²) in [6.45, 7) is 5.31. The van der Waals surface area contributed by atoms with Crippen LogP contribution < -0.4 is 10.6 Å². The summed E-state index contributed by atoms with van der Waals surface area (Å²) < 4.78 is 14.6. The first kappa shape index (κ1) is 19.2. The Labute approximate surface area is 161 Å². The molecule has 144 valence electrons. The highest BCUT2D eigenvalue weighted by Gasteiger charge is 2.16. The Hall–Kier alpha value is -3.55. The molecular weight excluding hydrogens is 361 g/mol. The number of amides is 2. The second-order valence-corrected chi connectivity index (χ2v) is 6.26. The van der Waals surface area contributed by atoms with Gasteiger partial charge in [0.05, 0.1) is 5.69 Å². The zero-order valence-electron chi connectivity index (χ0n) is 15.8. The molecule has 0 saturated carbocycles. The van der Waals surface area contributed by atoms with E-state index in [-0.39, 0.29) is 17.5 Å². The van der Waals surface area contributed by atoms with E-state index < -0.39 is 5.91 Å². The molecule has 2 aromatic carbocycles. The van der Waals surface area contributed by atoms with E-state index in [1.54, 1.807) is 44.2 Å². The highest BCUT2D eigenvalue weighted by Crippen LogP contribution is 2.21. The van der Waals surface area contributed by atoms with Crippen LogP contribution in [0.25, 0.3) is 5.69 Å². The van der Waals surface area contributed by atoms with E-state index in [2.05, 4.69) is 20.7 Å². The minimum absolute atomic E-state index is 0.00998. The van der Waals surface area contributed by atoms with Gasteiger partial charge in [0.25, 0.3) is 5.91 Å². The van der Waals surface area contributed by atoms with Gasteiger partial charge in [-0.3, -0.25) is 9.59 Å². The fourth-order valence-electron chi connectivity index (χ4n) is 2.58. The van der Waals surface area contributed by atoms with Crippen molar-refractivity contribution in [3.05, 3.63) is 65.5 Å². The predicted octanol–water partition coefficient (Wildman–Crippen LogP) is 3.62. The standard InChI is InChI=1S/C20H20FN5O2/c1-4-18(27)23-15-8-5-12(2)17(11-15)24-20(28)19-22-13(3)26(25-19)16-9-6-14(21)7-10-16/h5-11H,4H2,1-3H3,(H,23,27)(H,24,28). The number of nitrogens with one attached hydrogen (secondary N) is 2. The molecule has 0 aliphatic heterocycles. The average Bonchev–Trinajstić information content (AvgIpc) is 3.07. The van der Waals surface area contributed by atoms with E-state index in [4.69, 9.17) is 0 Å². The molecule has 0 aliphatic carbocycles. The van der Waals surface area contributed by atoms with Crippen LogP contribution in [0, 0.1) is 19.7 Å². The van der Waals surface area contributed by atoms with Crippen molar-refractivity contribution in [2.45, 2.75) is 27.2 Å². The molecule has 3 aromatic rings. The summed E-state index contributed by atoms with van der Waals surface area (Å²) >= 11 is 0. The summed E-state index contributed by atoms with van der Waals surface area (Å²) in [5, 5.41) is 9.75. The van der Waals surface area contributed by atoms with Crippen molar-refractivity contribution < 1.29 is 14.0 Å². The number of carbonyl (C=O) groups excluding carboxylic acids is 2. The number of carbonyl (C=O) groups is 2. The molecule has 0 unspecified atom stereocenters. The van der Waals surface area contributed by atoms with Crippen molar-refractivity contribution in [3.63, 3.8) is 0 Å². The summed E-state index contributed by atoms with van der Waals surface area (Å²) in [6.07, 6.45) is 0.361. The van der Waals surface area contributed by atoms with E-state index in [9.17, 15) is 14.0 Å². The first-order valence-electron chi connectivity index (χ1n) is 8.79. The second-order valence-electron chi connectivity index (χ2n) is 6.26. The molecule has 0 radical (unpaired) electrons. The van der Waals surface area contributed by atoms with E-state index in [0.29, 0.717) is 29.3 Å². The van der Waals surface area contributed by atoms with E-state index in [1.807, 2.05) is 6.92 Å². The number of aryl methyl sites for hydroxylation is 2. The number of nitrogens with zero attached hydrogens (tertiary/aromatic N) is 3. The Bertz CT molecular complexity index is 1030. The lowest BCUT2D eigenvalue weighted by atomic mass is 10.1. The number of rotatable bonds is 5. The van der Waals surface area contributed by atoms with Crippen LogP contribution in [-0.2, 0) is 4.79 Å². The Morgan fingerprint density at radius 2 is 1.79 bits per heavy atom. The first-order valence-corrected chi connectivity index (χ1v) is 8.79. The molecule has 7 nitrogen and oxygen atoms in total. The van der Waals surface area contributed by atoms with Crippen molar-refractivity contribution in [1.82, 2.24) is 14.8 Å². The Morgan fingerprint density at radius 3 is 2.46 bits per heavy atom. The van der Waals surface area contributed by atoms with Gasteiger partial charge in [-0.25, -0.2) is 14.1 Å². The van der Waals surface area contributed by atoms with Crippen LogP contribution in [0.4, 0.5) is 15.8 Å². The van der Waals surface area contributed by atoms with E-state index >= 15 is 0 Å². The van der Waals surface area contributed by atoms with Gasteiger partial charge in [-0.2, -0.15) is 0 Å². The summed E-state index contributed by atoms with van der Waals surface area (Å²) in [4.78, 5) is 28.4. The van der Waals surface area contributed by atoms with Crippen molar-refractivity contribution in [2.24, 2.45) is 0 Å². The SMILES string of the molecule is CCC(=O)Nc1ccc(C)c(NC(=O)c2nc(C)n(-c3ccc(F)cc3)n2)c1. The molecule has 0 spiro atoms. The summed E-state index contributed by atoms with van der Waals surface area (Å²) in [6, 6.07) is 11.0. The molecule has 0 fully saturated rings. The van der Waals surface area contributed by atoms with Crippen molar-refractivity contribution in [1.29, 1.82) is 0 Å². The third kappa shape index (κ3) is 4.22. The van der Waals surface area contributed by atoms with Crippen molar-refractivity contribution >= 4 is 23.2 Å². The maximum atomic E-state index is 13.1. The van der Waals surface area contributed by atoms with Crippen LogP contribution in [-0.4, -0.2) is 26.6 Å². The lowest BCUT2D eigenvalue weighted by molar-refractivity contribution is -0.115. The molecule has 1 aromatic heterocycles. The van der Waals surface area contributed by atoms with Crippen molar-refractivity contribution in [3.8, 4) is 5.69 Å². The summed E-state index contributed by atoms with van der Waals surface area (Å²) in [5.41, 5.74) is 2.58. The molecule has 2 N–H and O–H groups in total. The maximum Gasteiger partial charge on any atom is 0.295 e. The number of anilines is 2. The van der Waals surface area contributed by atoms with Gasteiger partial charge >= 0.3 is 0 Å². The zero-order chi connectivity index (χ0) is 20.3. The van der Waals surface area contributed by atoms with Crippen LogP contribution in [0.3, 0.4) is 0 Å². The number of hydrogen-bond acceptors (Lipinski definition) is 4.